The van der Waals surface area contributed by atoms with Gasteiger partial charge in [0.1, 0.15) is 4.90 Å². The lowest BCUT2D eigenvalue weighted by Gasteiger charge is -2.18. The Hall–Kier alpha value is -0.370. The summed E-state index contributed by atoms with van der Waals surface area (Å²) in [6.45, 7) is 6.91. The lowest BCUT2D eigenvalue weighted by molar-refractivity contribution is 0.309. The molecule has 0 atom stereocenters. The second-order valence-electron chi connectivity index (χ2n) is 4.50. The van der Waals surface area contributed by atoms with Crippen LogP contribution in [-0.2, 0) is 16.6 Å². The first-order valence-electron chi connectivity index (χ1n) is 6.75. The van der Waals surface area contributed by atoms with Gasteiger partial charge >= 0.3 is 0 Å². The van der Waals surface area contributed by atoms with Crippen LogP contribution in [0.2, 0.25) is 10.0 Å². The van der Waals surface area contributed by atoms with Gasteiger partial charge in [0.15, 0.2) is 0 Å². The number of halogens is 2. The van der Waals surface area contributed by atoms with Crippen molar-refractivity contribution in [2.24, 2.45) is 5.73 Å². The first-order chi connectivity index (χ1) is 9.85. The maximum absolute atomic E-state index is 12.3. The van der Waals surface area contributed by atoms with E-state index in [9.17, 15) is 8.42 Å². The van der Waals surface area contributed by atoms with Crippen LogP contribution in [0.25, 0.3) is 0 Å². The largest absolute Gasteiger partial charge is 0.326 e. The van der Waals surface area contributed by atoms with Gasteiger partial charge in [0.25, 0.3) is 0 Å². The Labute approximate surface area is 136 Å². The van der Waals surface area contributed by atoms with E-state index in [1.54, 1.807) is 0 Å². The van der Waals surface area contributed by atoms with Crippen LogP contribution < -0.4 is 10.5 Å². The summed E-state index contributed by atoms with van der Waals surface area (Å²) < 4.78 is 27.1. The Morgan fingerprint density at radius 3 is 2.33 bits per heavy atom. The summed E-state index contributed by atoms with van der Waals surface area (Å²) in [5.41, 5.74) is 6.09. The SMILES string of the molecule is CCN(CC)CCNS(=O)(=O)c1cc(CN)c(Cl)cc1Cl. The third kappa shape index (κ3) is 5.09. The second kappa shape index (κ2) is 8.31. The molecule has 5 nitrogen and oxygen atoms in total. The van der Waals surface area contributed by atoms with Crippen molar-refractivity contribution in [1.82, 2.24) is 9.62 Å². The highest BCUT2D eigenvalue weighted by Gasteiger charge is 2.19. The summed E-state index contributed by atoms with van der Waals surface area (Å²) in [5, 5.41) is 0.456. The van der Waals surface area contributed by atoms with E-state index in [1.165, 1.54) is 12.1 Å². The fourth-order valence-corrected chi connectivity index (χ4v) is 3.78. The third-order valence-electron chi connectivity index (χ3n) is 3.22. The maximum Gasteiger partial charge on any atom is 0.242 e. The molecule has 1 aromatic rings. The van der Waals surface area contributed by atoms with E-state index >= 15 is 0 Å². The van der Waals surface area contributed by atoms with Gasteiger partial charge in [-0.05, 0) is 30.8 Å². The van der Waals surface area contributed by atoms with Gasteiger partial charge < -0.3 is 10.6 Å². The second-order valence-corrected chi connectivity index (χ2v) is 7.05. The van der Waals surface area contributed by atoms with Crippen LogP contribution >= 0.6 is 23.2 Å². The molecule has 3 N–H and O–H groups in total. The zero-order chi connectivity index (χ0) is 16.0. The molecule has 0 aliphatic heterocycles. The molecule has 0 saturated carbocycles. The van der Waals surface area contributed by atoms with Crippen molar-refractivity contribution in [3.05, 3.63) is 27.7 Å². The molecule has 0 fully saturated rings. The number of likely N-dealkylation sites (N-methyl/N-ethyl adjacent to an activating group) is 1. The molecule has 1 rings (SSSR count). The first-order valence-corrected chi connectivity index (χ1v) is 8.99. The molecule has 0 radical (unpaired) electrons. The number of nitrogens with zero attached hydrogens (tertiary/aromatic N) is 1. The summed E-state index contributed by atoms with van der Waals surface area (Å²) in [6.07, 6.45) is 0. The van der Waals surface area contributed by atoms with Crippen molar-refractivity contribution in [1.29, 1.82) is 0 Å². The summed E-state index contributed by atoms with van der Waals surface area (Å²) >= 11 is 11.9. The number of nitrogens with one attached hydrogen (secondary N) is 1. The van der Waals surface area contributed by atoms with Crippen molar-refractivity contribution in [2.45, 2.75) is 25.3 Å². The Morgan fingerprint density at radius 2 is 1.81 bits per heavy atom. The number of benzene rings is 1. The fraction of sp³-hybridized carbons (Fsp3) is 0.538. The Kier molecular flexibility index (Phi) is 7.39. The van der Waals surface area contributed by atoms with E-state index in [0.29, 0.717) is 23.7 Å². The molecule has 0 bridgehead atoms. The molecule has 0 amide bonds. The van der Waals surface area contributed by atoms with Crippen molar-refractivity contribution < 1.29 is 8.42 Å². The van der Waals surface area contributed by atoms with Gasteiger partial charge in [0.05, 0.1) is 5.02 Å². The minimum absolute atomic E-state index is 0.00793. The monoisotopic (exact) mass is 353 g/mol. The molecule has 0 saturated heterocycles. The van der Waals surface area contributed by atoms with Crippen LogP contribution in [0.5, 0.6) is 0 Å². The molecule has 1 aromatic carbocycles. The molecule has 0 aliphatic carbocycles. The van der Waals surface area contributed by atoms with Crippen molar-refractivity contribution in [3.63, 3.8) is 0 Å². The molecule has 0 aliphatic rings. The van der Waals surface area contributed by atoms with Crippen LogP contribution in [0.3, 0.4) is 0 Å². The van der Waals surface area contributed by atoms with Crippen molar-refractivity contribution in [2.75, 3.05) is 26.2 Å². The third-order valence-corrected chi connectivity index (χ3v) is 5.50. The molecule has 0 unspecified atom stereocenters. The zero-order valence-corrected chi connectivity index (χ0v) is 14.5. The number of sulfonamides is 1. The normalized spacial score (nSPS) is 12.1. The van der Waals surface area contributed by atoms with Gasteiger partial charge in [-0.15, -0.1) is 0 Å². The van der Waals surface area contributed by atoms with Crippen LogP contribution in [0.1, 0.15) is 19.4 Å². The minimum atomic E-state index is -3.68. The van der Waals surface area contributed by atoms with Gasteiger partial charge in [0, 0.05) is 24.7 Å². The molecule has 0 heterocycles. The number of hydrogen-bond acceptors (Lipinski definition) is 4. The van der Waals surface area contributed by atoms with E-state index in [-0.39, 0.29) is 16.5 Å². The Bertz CT molecular complexity index is 575. The molecule has 120 valence electrons. The van der Waals surface area contributed by atoms with E-state index in [4.69, 9.17) is 28.9 Å². The zero-order valence-electron chi connectivity index (χ0n) is 12.2. The predicted molar refractivity (Wildman–Crippen MR) is 87.3 cm³/mol. The summed E-state index contributed by atoms with van der Waals surface area (Å²) in [5.74, 6) is 0. The topological polar surface area (TPSA) is 75.4 Å². The first kappa shape index (κ1) is 18.7. The molecule has 21 heavy (non-hydrogen) atoms. The highest BCUT2D eigenvalue weighted by molar-refractivity contribution is 7.89. The van der Waals surface area contributed by atoms with Crippen LogP contribution in [0.4, 0.5) is 0 Å². The summed E-state index contributed by atoms with van der Waals surface area (Å²) in [4.78, 5) is 2.13. The standard InChI is InChI=1S/C13H21Cl2N3O2S/c1-3-18(4-2)6-5-17-21(19,20)13-7-10(9-16)11(14)8-12(13)15/h7-8,17H,3-6,9,16H2,1-2H3. The smallest absolute Gasteiger partial charge is 0.242 e. The average molecular weight is 354 g/mol. The molecule has 0 spiro atoms. The highest BCUT2D eigenvalue weighted by Crippen LogP contribution is 2.28. The average Bonchev–Trinajstić information content (AvgIpc) is 2.43. The number of rotatable bonds is 8. The van der Waals surface area contributed by atoms with Crippen molar-refractivity contribution >= 4 is 33.2 Å². The lowest BCUT2D eigenvalue weighted by Crippen LogP contribution is -2.35. The quantitative estimate of drug-likeness (QED) is 0.749. The van der Waals surface area contributed by atoms with E-state index in [1.807, 2.05) is 13.8 Å². The minimum Gasteiger partial charge on any atom is -0.326 e. The van der Waals surface area contributed by atoms with Gasteiger partial charge in [-0.3, -0.25) is 0 Å². The van der Waals surface area contributed by atoms with E-state index in [0.717, 1.165) is 13.1 Å². The number of hydrogen-bond donors (Lipinski definition) is 2. The van der Waals surface area contributed by atoms with Crippen molar-refractivity contribution in [3.8, 4) is 0 Å². The highest BCUT2D eigenvalue weighted by atomic mass is 35.5. The molecular formula is C13H21Cl2N3O2S. The van der Waals surface area contributed by atoms with E-state index < -0.39 is 10.0 Å². The van der Waals surface area contributed by atoms with Gasteiger partial charge in [-0.2, -0.15) is 0 Å². The molecule has 8 heteroatoms. The summed E-state index contributed by atoms with van der Waals surface area (Å²) in [6, 6.07) is 2.83. The molecule has 0 aromatic heterocycles. The fourth-order valence-electron chi connectivity index (χ4n) is 1.89. The lowest BCUT2D eigenvalue weighted by atomic mass is 10.2. The van der Waals surface area contributed by atoms with Gasteiger partial charge in [-0.1, -0.05) is 37.0 Å². The van der Waals surface area contributed by atoms with Crippen LogP contribution in [0, 0.1) is 0 Å². The molecular weight excluding hydrogens is 333 g/mol. The van der Waals surface area contributed by atoms with Gasteiger partial charge in [-0.25, -0.2) is 13.1 Å². The Morgan fingerprint density at radius 1 is 1.19 bits per heavy atom. The predicted octanol–water partition coefficient (Wildman–Crippen LogP) is 2.07. The van der Waals surface area contributed by atoms with Crippen LogP contribution in [0.15, 0.2) is 17.0 Å². The summed E-state index contributed by atoms with van der Waals surface area (Å²) in [7, 11) is -3.68. The Balaban J connectivity index is 2.88. The van der Waals surface area contributed by atoms with Gasteiger partial charge in [0.2, 0.25) is 10.0 Å². The van der Waals surface area contributed by atoms with Crippen LogP contribution in [-0.4, -0.2) is 39.5 Å². The number of nitrogens with two attached hydrogens (primary N) is 1. The maximum atomic E-state index is 12.3. The van der Waals surface area contributed by atoms with E-state index in [2.05, 4.69) is 9.62 Å².